The SMILES string of the molecule is Cc1cccc(C)c1Nc1ncc(C#N)cc1Br. The second kappa shape index (κ2) is 5.19. The number of pyridine rings is 1. The molecule has 0 atom stereocenters. The van der Waals surface area contributed by atoms with E-state index in [0.717, 1.165) is 21.3 Å². The fourth-order valence-corrected chi connectivity index (χ4v) is 2.17. The molecule has 1 heterocycles. The third-order valence-corrected chi connectivity index (χ3v) is 3.30. The summed E-state index contributed by atoms with van der Waals surface area (Å²) < 4.78 is 0.782. The first-order chi connectivity index (χ1) is 8.61. The molecule has 3 nitrogen and oxygen atoms in total. The van der Waals surface area contributed by atoms with Crippen molar-refractivity contribution in [1.82, 2.24) is 4.98 Å². The Morgan fingerprint density at radius 3 is 2.50 bits per heavy atom. The van der Waals surface area contributed by atoms with Crippen molar-refractivity contribution in [2.45, 2.75) is 13.8 Å². The minimum absolute atomic E-state index is 0.536. The lowest BCUT2D eigenvalue weighted by molar-refractivity contribution is 1.25. The molecular formula is C14H12BrN3. The maximum atomic E-state index is 8.80. The van der Waals surface area contributed by atoms with Gasteiger partial charge in [0.25, 0.3) is 0 Å². The molecule has 18 heavy (non-hydrogen) atoms. The molecule has 0 saturated carbocycles. The number of aromatic nitrogens is 1. The topological polar surface area (TPSA) is 48.7 Å². The summed E-state index contributed by atoms with van der Waals surface area (Å²) in [5.74, 6) is 0.714. The first-order valence-electron chi connectivity index (χ1n) is 5.50. The van der Waals surface area contributed by atoms with Gasteiger partial charge in [0.05, 0.1) is 10.0 Å². The van der Waals surface area contributed by atoms with Gasteiger partial charge in [-0.15, -0.1) is 0 Å². The fraction of sp³-hybridized carbons (Fsp3) is 0.143. The van der Waals surface area contributed by atoms with E-state index in [0.29, 0.717) is 11.4 Å². The highest BCUT2D eigenvalue weighted by atomic mass is 79.9. The summed E-state index contributed by atoms with van der Waals surface area (Å²) >= 11 is 3.42. The number of hydrogen-bond acceptors (Lipinski definition) is 3. The van der Waals surface area contributed by atoms with Gasteiger partial charge in [0.1, 0.15) is 11.9 Å². The normalized spacial score (nSPS) is 9.89. The van der Waals surface area contributed by atoms with Gasteiger partial charge in [-0.05, 0) is 47.0 Å². The number of rotatable bonds is 2. The maximum absolute atomic E-state index is 8.80. The lowest BCUT2D eigenvalue weighted by Crippen LogP contribution is -1.99. The van der Waals surface area contributed by atoms with Crippen LogP contribution in [0.15, 0.2) is 34.9 Å². The monoisotopic (exact) mass is 301 g/mol. The van der Waals surface area contributed by atoms with E-state index >= 15 is 0 Å². The van der Waals surface area contributed by atoms with Crippen LogP contribution in [0, 0.1) is 25.2 Å². The van der Waals surface area contributed by atoms with Crippen molar-refractivity contribution < 1.29 is 0 Å². The Balaban J connectivity index is 2.38. The average molecular weight is 302 g/mol. The minimum Gasteiger partial charge on any atom is -0.339 e. The van der Waals surface area contributed by atoms with Crippen molar-refractivity contribution >= 4 is 27.4 Å². The van der Waals surface area contributed by atoms with E-state index in [9.17, 15) is 0 Å². The summed E-state index contributed by atoms with van der Waals surface area (Å²) in [4.78, 5) is 4.25. The Kier molecular flexibility index (Phi) is 3.63. The van der Waals surface area contributed by atoms with Crippen LogP contribution in [0.25, 0.3) is 0 Å². The number of para-hydroxylation sites is 1. The molecule has 1 aromatic heterocycles. The quantitative estimate of drug-likeness (QED) is 0.909. The van der Waals surface area contributed by atoms with Gasteiger partial charge in [0.15, 0.2) is 0 Å². The first kappa shape index (κ1) is 12.6. The molecule has 0 saturated heterocycles. The van der Waals surface area contributed by atoms with Crippen LogP contribution in [0.5, 0.6) is 0 Å². The number of benzene rings is 1. The third-order valence-electron chi connectivity index (χ3n) is 2.69. The summed E-state index contributed by atoms with van der Waals surface area (Å²) in [6.45, 7) is 4.10. The molecular weight excluding hydrogens is 290 g/mol. The van der Waals surface area contributed by atoms with Crippen molar-refractivity contribution in [3.05, 3.63) is 51.6 Å². The van der Waals surface area contributed by atoms with Crippen molar-refractivity contribution in [3.8, 4) is 6.07 Å². The van der Waals surface area contributed by atoms with E-state index in [-0.39, 0.29) is 0 Å². The highest BCUT2D eigenvalue weighted by Crippen LogP contribution is 2.28. The molecule has 4 heteroatoms. The number of nitrogens with one attached hydrogen (secondary N) is 1. The second-order valence-electron chi connectivity index (χ2n) is 4.06. The molecule has 0 amide bonds. The highest BCUT2D eigenvalue weighted by Gasteiger charge is 2.07. The van der Waals surface area contributed by atoms with Gasteiger partial charge in [-0.2, -0.15) is 5.26 Å². The standard InChI is InChI=1S/C14H12BrN3/c1-9-4-3-5-10(2)13(9)18-14-12(15)6-11(7-16)8-17-14/h3-6,8H,1-2H3,(H,17,18). The zero-order chi connectivity index (χ0) is 13.1. The summed E-state index contributed by atoms with van der Waals surface area (Å²) in [5.41, 5.74) is 3.91. The molecule has 0 unspecified atom stereocenters. The summed E-state index contributed by atoms with van der Waals surface area (Å²) in [7, 11) is 0. The Labute approximate surface area is 115 Å². The highest BCUT2D eigenvalue weighted by molar-refractivity contribution is 9.10. The van der Waals surface area contributed by atoms with Crippen LogP contribution in [-0.4, -0.2) is 4.98 Å². The molecule has 0 bridgehead atoms. The summed E-state index contributed by atoms with van der Waals surface area (Å²) in [5, 5.41) is 12.1. The molecule has 0 aliphatic heterocycles. The molecule has 1 aromatic carbocycles. The van der Waals surface area contributed by atoms with Gasteiger partial charge in [0, 0.05) is 11.9 Å². The Morgan fingerprint density at radius 1 is 1.28 bits per heavy atom. The van der Waals surface area contributed by atoms with Crippen molar-refractivity contribution in [2.75, 3.05) is 5.32 Å². The van der Waals surface area contributed by atoms with E-state index in [4.69, 9.17) is 5.26 Å². The summed E-state index contributed by atoms with van der Waals surface area (Å²) in [6.07, 6.45) is 1.56. The Hall–Kier alpha value is -1.86. The van der Waals surface area contributed by atoms with E-state index in [1.54, 1.807) is 12.3 Å². The lowest BCUT2D eigenvalue weighted by atomic mass is 10.1. The van der Waals surface area contributed by atoms with E-state index in [2.05, 4.69) is 32.3 Å². The minimum atomic E-state index is 0.536. The predicted molar refractivity (Wildman–Crippen MR) is 75.9 cm³/mol. The number of hydrogen-bond donors (Lipinski definition) is 1. The van der Waals surface area contributed by atoms with Crippen LogP contribution < -0.4 is 5.32 Å². The molecule has 0 aliphatic carbocycles. The zero-order valence-corrected chi connectivity index (χ0v) is 11.7. The van der Waals surface area contributed by atoms with Crippen LogP contribution in [0.4, 0.5) is 11.5 Å². The first-order valence-corrected chi connectivity index (χ1v) is 6.30. The van der Waals surface area contributed by atoms with Crippen LogP contribution in [0.1, 0.15) is 16.7 Å². The Bertz CT molecular complexity index is 609. The van der Waals surface area contributed by atoms with Gasteiger partial charge in [-0.25, -0.2) is 4.98 Å². The maximum Gasteiger partial charge on any atom is 0.144 e. The molecule has 0 aliphatic rings. The molecule has 0 radical (unpaired) electrons. The van der Waals surface area contributed by atoms with Crippen molar-refractivity contribution in [2.24, 2.45) is 0 Å². The predicted octanol–water partition coefficient (Wildman–Crippen LogP) is 4.08. The van der Waals surface area contributed by atoms with Gasteiger partial charge in [-0.1, -0.05) is 18.2 Å². The van der Waals surface area contributed by atoms with E-state index in [1.807, 2.05) is 32.0 Å². The Morgan fingerprint density at radius 2 is 1.94 bits per heavy atom. The van der Waals surface area contributed by atoms with Crippen LogP contribution in [0.3, 0.4) is 0 Å². The second-order valence-corrected chi connectivity index (χ2v) is 4.91. The molecule has 1 N–H and O–H groups in total. The van der Waals surface area contributed by atoms with Gasteiger partial charge < -0.3 is 5.32 Å². The number of anilines is 2. The van der Waals surface area contributed by atoms with E-state index in [1.165, 1.54) is 0 Å². The van der Waals surface area contributed by atoms with Crippen LogP contribution >= 0.6 is 15.9 Å². The zero-order valence-electron chi connectivity index (χ0n) is 10.2. The number of nitrogens with zero attached hydrogens (tertiary/aromatic N) is 2. The third kappa shape index (κ3) is 2.52. The number of halogens is 1. The molecule has 2 aromatic rings. The van der Waals surface area contributed by atoms with Crippen molar-refractivity contribution in [3.63, 3.8) is 0 Å². The number of nitriles is 1. The smallest absolute Gasteiger partial charge is 0.144 e. The largest absolute Gasteiger partial charge is 0.339 e. The fourth-order valence-electron chi connectivity index (χ4n) is 1.72. The average Bonchev–Trinajstić information content (AvgIpc) is 2.35. The van der Waals surface area contributed by atoms with Gasteiger partial charge >= 0.3 is 0 Å². The van der Waals surface area contributed by atoms with Crippen LogP contribution in [0.2, 0.25) is 0 Å². The van der Waals surface area contributed by atoms with Crippen LogP contribution in [-0.2, 0) is 0 Å². The van der Waals surface area contributed by atoms with Gasteiger partial charge in [0.2, 0.25) is 0 Å². The molecule has 0 spiro atoms. The number of aryl methyl sites for hydroxylation is 2. The molecule has 2 rings (SSSR count). The molecule has 0 fully saturated rings. The van der Waals surface area contributed by atoms with E-state index < -0.39 is 0 Å². The summed E-state index contributed by atoms with van der Waals surface area (Å²) in [6, 6.07) is 9.94. The van der Waals surface area contributed by atoms with Gasteiger partial charge in [-0.3, -0.25) is 0 Å². The molecule has 90 valence electrons. The lowest BCUT2D eigenvalue weighted by Gasteiger charge is -2.13. The van der Waals surface area contributed by atoms with Crippen molar-refractivity contribution in [1.29, 1.82) is 5.26 Å².